The Morgan fingerprint density at radius 1 is 1.89 bits per heavy atom. The summed E-state index contributed by atoms with van der Waals surface area (Å²) in [5.74, 6) is -0.213. The third kappa shape index (κ3) is 1.07. The Balaban J connectivity index is 3.08. The lowest BCUT2D eigenvalue weighted by atomic mass is 11.0. The number of nitrogens with zero attached hydrogens (tertiary/aromatic N) is 3. The van der Waals surface area contributed by atoms with Gasteiger partial charge < -0.3 is 10.1 Å². The molecule has 0 N–H and O–H groups in total. The predicted molar refractivity (Wildman–Crippen MR) is 33.2 cm³/mol. The first-order valence-corrected chi connectivity index (χ1v) is 2.76. The number of nitro groups is 1. The standard InChI is InChI=1S/C3H2BrN3O2/c4-6-2-1-5-3(6)7(8)9/h1-2H. The lowest BCUT2D eigenvalue weighted by Gasteiger charge is -1.88. The average molecular weight is 192 g/mol. The number of aromatic nitrogens is 2. The summed E-state index contributed by atoms with van der Waals surface area (Å²) < 4.78 is 1.16. The van der Waals surface area contributed by atoms with Crippen molar-refractivity contribution >= 4 is 22.1 Å². The fraction of sp³-hybridized carbons (Fsp3) is 0. The second-order valence-corrected chi connectivity index (χ2v) is 2.06. The molecule has 5 nitrogen and oxygen atoms in total. The number of halogens is 1. The summed E-state index contributed by atoms with van der Waals surface area (Å²) in [6.07, 6.45) is 2.78. The molecule has 0 amide bonds. The van der Waals surface area contributed by atoms with Crippen molar-refractivity contribution in [2.75, 3.05) is 0 Å². The second kappa shape index (κ2) is 2.14. The van der Waals surface area contributed by atoms with Gasteiger partial charge >= 0.3 is 5.95 Å². The maximum atomic E-state index is 9.98. The van der Waals surface area contributed by atoms with E-state index in [1.165, 1.54) is 12.4 Å². The van der Waals surface area contributed by atoms with Crippen LogP contribution in [0.2, 0.25) is 0 Å². The molecule has 0 saturated heterocycles. The molecule has 0 saturated carbocycles. The molecule has 0 aromatic carbocycles. The summed E-state index contributed by atoms with van der Waals surface area (Å²) in [6, 6.07) is 0. The van der Waals surface area contributed by atoms with Crippen molar-refractivity contribution < 1.29 is 4.92 Å². The molecule has 0 bridgehead atoms. The topological polar surface area (TPSA) is 61.0 Å². The molecule has 1 rings (SSSR count). The van der Waals surface area contributed by atoms with E-state index < -0.39 is 4.92 Å². The molecule has 0 aliphatic carbocycles. The Hall–Kier alpha value is -0.910. The van der Waals surface area contributed by atoms with Gasteiger partial charge in [-0.1, -0.05) is 4.98 Å². The van der Waals surface area contributed by atoms with Gasteiger partial charge in [0.1, 0.15) is 12.4 Å². The van der Waals surface area contributed by atoms with Gasteiger partial charge in [-0.25, -0.2) is 0 Å². The quantitative estimate of drug-likeness (QED) is 0.491. The molecule has 0 unspecified atom stereocenters. The smallest absolute Gasteiger partial charge is 0.390 e. The van der Waals surface area contributed by atoms with Gasteiger partial charge in [0, 0.05) is 0 Å². The summed E-state index contributed by atoms with van der Waals surface area (Å²) in [6.45, 7) is 0. The van der Waals surface area contributed by atoms with E-state index in [9.17, 15) is 10.1 Å². The Morgan fingerprint density at radius 3 is 2.78 bits per heavy atom. The molecular formula is C3H2BrN3O2. The molecule has 0 aliphatic heterocycles. The Morgan fingerprint density at radius 2 is 2.56 bits per heavy atom. The lowest BCUT2D eigenvalue weighted by molar-refractivity contribution is -0.394. The maximum Gasteiger partial charge on any atom is 0.445 e. The van der Waals surface area contributed by atoms with Gasteiger partial charge in [-0.15, -0.1) is 0 Å². The van der Waals surface area contributed by atoms with Gasteiger partial charge in [0.2, 0.25) is 0 Å². The van der Waals surface area contributed by atoms with Crippen LogP contribution in [0.4, 0.5) is 5.95 Å². The van der Waals surface area contributed by atoms with E-state index in [0.717, 1.165) is 3.59 Å². The van der Waals surface area contributed by atoms with Crippen molar-refractivity contribution in [1.82, 2.24) is 8.58 Å². The van der Waals surface area contributed by atoms with E-state index >= 15 is 0 Å². The SMILES string of the molecule is O=[N+]([O-])c1nccn1Br. The van der Waals surface area contributed by atoms with Crippen molar-refractivity contribution in [2.24, 2.45) is 0 Å². The Bertz CT molecular complexity index is 233. The van der Waals surface area contributed by atoms with Crippen LogP contribution in [0.1, 0.15) is 0 Å². The average Bonchev–Trinajstić information content (AvgIpc) is 2.13. The van der Waals surface area contributed by atoms with Crippen LogP contribution in [0.3, 0.4) is 0 Å². The second-order valence-electron chi connectivity index (χ2n) is 1.30. The number of rotatable bonds is 1. The van der Waals surface area contributed by atoms with Crippen molar-refractivity contribution in [3.8, 4) is 0 Å². The van der Waals surface area contributed by atoms with E-state index in [2.05, 4.69) is 21.1 Å². The van der Waals surface area contributed by atoms with Crippen LogP contribution >= 0.6 is 16.1 Å². The van der Waals surface area contributed by atoms with E-state index in [1.807, 2.05) is 0 Å². The molecule has 0 spiro atoms. The summed E-state index contributed by atoms with van der Waals surface area (Å²) in [7, 11) is 0. The first-order chi connectivity index (χ1) is 4.22. The van der Waals surface area contributed by atoms with E-state index in [4.69, 9.17) is 0 Å². The van der Waals surface area contributed by atoms with Crippen LogP contribution in [0.15, 0.2) is 12.4 Å². The fourth-order valence-corrected chi connectivity index (χ4v) is 0.732. The molecule has 1 heterocycles. The minimum absolute atomic E-state index is 0.213. The number of hydrogen-bond donors (Lipinski definition) is 0. The highest BCUT2D eigenvalue weighted by Gasteiger charge is 2.09. The van der Waals surface area contributed by atoms with Crippen LogP contribution in [0, 0.1) is 10.1 Å². The molecular weight excluding hydrogens is 190 g/mol. The van der Waals surface area contributed by atoms with E-state index in [0.29, 0.717) is 0 Å². The summed E-state index contributed by atoms with van der Waals surface area (Å²) in [5.41, 5.74) is 0. The van der Waals surface area contributed by atoms with Gasteiger partial charge in [0.05, 0.1) is 0 Å². The third-order valence-corrected chi connectivity index (χ3v) is 1.30. The van der Waals surface area contributed by atoms with E-state index in [-0.39, 0.29) is 5.95 Å². The van der Waals surface area contributed by atoms with Crippen LogP contribution < -0.4 is 0 Å². The maximum absolute atomic E-state index is 9.98. The molecule has 6 heteroatoms. The van der Waals surface area contributed by atoms with Crippen molar-refractivity contribution in [2.45, 2.75) is 0 Å². The van der Waals surface area contributed by atoms with Crippen molar-refractivity contribution in [1.29, 1.82) is 0 Å². The third-order valence-electron chi connectivity index (χ3n) is 0.742. The summed E-state index contributed by atoms with van der Waals surface area (Å²) >= 11 is 2.88. The molecule has 0 atom stereocenters. The zero-order valence-electron chi connectivity index (χ0n) is 4.19. The molecule has 0 fully saturated rings. The highest BCUT2D eigenvalue weighted by Crippen LogP contribution is 2.08. The molecule has 48 valence electrons. The summed E-state index contributed by atoms with van der Waals surface area (Å²) in [4.78, 5) is 12.8. The van der Waals surface area contributed by atoms with Gasteiger partial charge in [0.25, 0.3) is 0 Å². The van der Waals surface area contributed by atoms with E-state index in [1.54, 1.807) is 0 Å². The number of hydrogen-bond acceptors (Lipinski definition) is 3. The van der Waals surface area contributed by atoms with Gasteiger partial charge in [-0.3, -0.25) is 0 Å². The predicted octanol–water partition coefficient (Wildman–Crippen LogP) is 0.949. The van der Waals surface area contributed by atoms with Crippen LogP contribution in [0.25, 0.3) is 0 Å². The summed E-state index contributed by atoms with van der Waals surface area (Å²) in [5, 5.41) is 9.98. The van der Waals surface area contributed by atoms with Crippen molar-refractivity contribution in [3.05, 3.63) is 22.5 Å². The first kappa shape index (κ1) is 6.21. The van der Waals surface area contributed by atoms with Crippen LogP contribution in [0.5, 0.6) is 0 Å². The highest BCUT2D eigenvalue weighted by atomic mass is 79.9. The molecule has 1 aromatic heterocycles. The molecule has 0 radical (unpaired) electrons. The normalized spacial score (nSPS) is 9.44. The molecule has 0 aliphatic rings. The van der Waals surface area contributed by atoms with Gasteiger partial charge in [-0.2, -0.15) is 3.59 Å². The highest BCUT2D eigenvalue weighted by molar-refractivity contribution is 9.08. The molecule has 1 aromatic rings. The molecule has 9 heavy (non-hydrogen) atoms. The monoisotopic (exact) mass is 191 g/mol. The first-order valence-electron chi connectivity index (χ1n) is 2.05. The Kier molecular flexibility index (Phi) is 1.48. The van der Waals surface area contributed by atoms with Gasteiger partial charge in [0.15, 0.2) is 16.1 Å². The largest absolute Gasteiger partial charge is 0.445 e. The number of imidazole rings is 1. The fourth-order valence-electron chi connectivity index (χ4n) is 0.405. The van der Waals surface area contributed by atoms with Gasteiger partial charge in [-0.05, 0) is 4.92 Å². The van der Waals surface area contributed by atoms with Crippen molar-refractivity contribution in [3.63, 3.8) is 0 Å². The zero-order valence-corrected chi connectivity index (χ0v) is 5.78. The zero-order chi connectivity index (χ0) is 6.85. The Labute approximate surface area is 58.8 Å². The van der Waals surface area contributed by atoms with Crippen LogP contribution in [-0.2, 0) is 0 Å². The van der Waals surface area contributed by atoms with Crippen LogP contribution in [-0.4, -0.2) is 13.5 Å². The minimum atomic E-state index is -0.575. The minimum Gasteiger partial charge on any atom is -0.390 e. The lowest BCUT2D eigenvalue weighted by Crippen LogP contribution is -1.92.